The Bertz CT molecular complexity index is 2880. The first-order valence-corrected chi connectivity index (χ1v) is 26.6. The van der Waals surface area contributed by atoms with E-state index in [-0.39, 0.29) is 18.4 Å². The van der Waals surface area contributed by atoms with Crippen molar-refractivity contribution < 1.29 is 28.5 Å². The number of hydrogen-bond donors (Lipinski definition) is 3. The summed E-state index contributed by atoms with van der Waals surface area (Å²) < 4.78 is 22.0. The topological polar surface area (TPSA) is 187 Å². The number of rotatable bonds is 13. The van der Waals surface area contributed by atoms with Crippen molar-refractivity contribution in [3.8, 4) is 16.9 Å². The first-order valence-electron chi connectivity index (χ1n) is 23.3. The molecule has 1 atom stereocenters. The third-order valence-corrected chi connectivity index (χ3v) is 16.0. The van der Waals surface area contributed by atoms with Gasteiger partial charge in [0.05, 0.1) is 40.3 Å². The Morgan fingerprint density at radius 3 is 2.28 bits per heavy atom. The van der Waals surface area contributed by atoms with Gasteiger partial charge in [0.1, 0.15) is 24.8 Å². The SMILES string of the molecule is COc1cc(N2CCC(CN3CCN(c4ccc5c(c4)C(=O)N([C@@H]4CCC(=O)NC4=O)C5=O)CC3)CC2)c(-c2cnn(C)c2)cc1Nc1ncc(Br)c(Nc2ccc(C3CC3)cc2P(C)(C)=O)n1. The number of halogens is 1. The van der Waals surface area contributed by atoms with Crippen molar-refractivity contribution >= 4 is 86.5 Å². The fourth-order valence-corrected chi connectivity index (χ4v) is 11.4. The number of piperazine rings is 1. The number of imide groups is 2. The van der Waals surface area contributed by atoms with Crippen molar-refractivity contribution in [1.29, 1.82) is 0 Å². The molecular formula is C49H55BrN11O6P. The first-order chi connectivity index (χ1) is 32.7. The molecule has 6 heterocycles. The van der Waals surface area contributed by atoms with E-state index in [1.165, 1.54) is 18.4 Å². The number of ether oxygens (including phenoxy) is 1. The summed E-state index contributed by atoms with van der Waals surface area (Å²) in [5.41, 5.74) is 7.20. The van der Waals surface area contributed by atoms with E-state index in [1.807, 2.05) is 31.6 Å². The molecule has 4 fully saturated rings. The van der Waals surface area contributed by atoms with Crippen LogP contribution in [-0.4, -0.2) is 125 Å². The highest BCUT2D eigenvalue weighted by Gasteiger charge is 2.45. The number of anilines is 6. The average molecular weight is 1000 g/mol. The highest BCUT2D eigenvalue weighted by molar-refractivity contribution is 9.10. The van der Waals surface area contributed by atoms with E-state index in [1.54, 1.807) is 43.5 Å². The molecule has 5 aromatic rings. The number of fused-ring (bicyclic) bond motifs is 1. The zero-order valence-corrected chi connectivity index (χ0v) is 41.1. The molecule has 2 aromatic heterocycles. The van der Waals surface area contributed by atoms with Crippen LogP contribution < -0.4 is 35.8 Å². The van der Waals surface area contributed by atoms with Crippen molar-refractivity contribution in [2.75, 3.05) is 86.7 Å². The second-order valence-electron chi connectivity index (χ2n) is 18.9. The number of carbonyl (C=O) groups excluding carboxylic acids is 4. The molecule has 0 radical (unpaired) electrons. The molecule has 354 valence electrons. The second kappa shape index (κ2) is 18.4. The van der Waals surface area contributed by atoms with Gasteiger partial charge in [-0.2, -0.15) is 10.1 Å². The van der Waals surface area contributed by atoms with Gasteiger partial charge >= 0.3 is 0 Å². The van der Waals surface area contributed by atoms with Gasteiger partial charge in [-0.15, -0.1) is 0 Å². The van der Waals surface area contributed by atoms with E-state index in [4.69, 9.17) is 9.72 Å². The van der Waals surface area contributed by atoms with E-state index < -0.39 is 36.8 Å². The summed E-state index contributed by atoms with van der Waals surface area (Å²) in [6.07, 6.45) is 10.2. The summed E-state index contributed by atoms with van der Waals surface area (Å²) in [4.78, 5) is 68.6. The number of nitrogens with one attached hydrogen (secondary N) is 3. The monoisotopic (exact) mass is 1000 g/mol. The molecule has 4 amide bonds. The van der Waals surface area contributed by atoms with E-state index in [9.17, 15) is 23.7 Å². The van der Waals surface area contributed by atoms with Crippen molar-refractivity contribution in [3.63, 3.8) is 0 Å². The Balaban J connectivity index is 0.791. The maximum absolute atomic E-state index is 13.5. The third-order valence-electron chi connectivity index (χ3n) is 13.9. The highest BCUT2D eigenvalue weighted by atomic mass is 79.9. The van der Waals surface area contributed by atoms with Crippen molar-refractivity contribution in [2.24, 2.45) is 13.0 Å². The molecule has 4 aliphatic heterocycles. The van der Waals surface area contributed by atoms with Gasteiger partial charge in [-0.3, -0.25) is 39.0 Å². The minimum absolute atomic E-state index is 0.0850. The van der Waals surface area contributed by atoms with Crippen LogP contribution in [0.3, 0.4) is 0 Å². The van der Waals surface area contributed by atoms with Crippen LogP contribution in [0.25, 0.3) is 11.1 Å². The number of amides is 4. The minimum atomic E-state index is -2.61. The lowest BCUT2D eigenvalue weighted by Gasteiger charge is -2.40. The number of nitrogens with zero attached hydrogens (tertiary/aromatic N) is 8. The molecule has 1 aliphatic carbocycles. The van der Waals surface area contributed by atoms with Gasteiger partial charge in [-0.25, -0.2) is 4.98 Å². The standard InChI is InChI=1S/C49H55BrN11O6P/c1-57-28-32(25-52-57)35-23-39(54-49-51-26-37(50)45(56-49)53-38-10-7-31(30-5-6-30)21-43(38)68(3,4)66)42(67-2)24-41(35)60-15-13-29(14-16-60)27-58-17-19-59(20-18-58)33-8-9-34-36(22-33)48(65)61(47(34)64)40-11-12-44(62)55-46(40)63/h7-10,21-26,28-30,40H,5-6,11-20,27H2,1-4H3,(H,55,62,63)(H2,51,53,54,56)/t40-/m1/s1. The van der Waals surface area contributed by atoms with Crippen molar-refractivity contribution in [2.45, 2.75) is 50.5 Å². The van der Waals surface area contributed by atoms with Crippen LogP contribution in [0, 0.1) is 5.92 Å². The van der Waals surface area contributed by atoms with Gasteiger partial charge < -0.3 is 29.7 Å². The van der Waals surface area contributed by atoms with Crippen molar-refractivity contribution in [1.82, 2.24) is 34.9 Å². The first kappa shape index (κ1) is 45.7. The molecule has 0 bridgehead atoms. The summed E-state index contributed by atoms with van der Waals surface area (Å²) in [7, 11) is 0.971. The number of carbonyl (C=O) groups is 4. The Morgan fingerprint density at radius 2 is 1.59 bits per heavy atom. The molecule has 17 nitrogen and oxygen atoms in total. The molecule has 5 aliphatic rings. The molecule has 19 heteroatoms. The largest absolute Gasteiger partial charge is 0.494 e. The van der Waals surface area contributed by atoms with Crippen LogP contribution in [0.5, 0.6) is 5.75 Å². The van der Waals surface area contributed by atoms with Gasteiger partial charge in [-0.05, 0) is 115 Å². The molecular weight excluding hydrogens is 949 g/mol. The highest BCUT2D eigenvalue weighted by Crippen LogP contribution is 2.45. The lowest BCUT2D eigenvalue weighted by molar-refractivity contribution is -0.136. The smallest absolute Gasteiger partial charge is 0.262 e. The molecule has 3 saturated heterocycles. The molecule has 0 unspecified atom stereocenters. The Labute approximate surface area is 403 Å². The van der Waals surface area contributed by atoms with Gasteiger partial charge in [0.2, 0.25) is 17.8 Å². The fourth-order valence-electron chi connectivity index (χ4n) is 9.99. The van der Waals surface area contributed by atoms with E-state index in [2.05, 4.69) is 80.9 Å². The predicted octanol–water partition coefficient (Wildman–Crippen LogP) is 6.70. The van der Waals surface area contributed by atoms with Crippen LogP contribution in [0.2, 0.25) is 0 Å². The number of piperidine rings is 2. The van der Waals surface area contributed by atoms with Crippen LogP contribution in [-0.2, 0) is 21.2 Å². The van der Waals surface area contributed by atoms with Crippen LogP contribution in [0.4, 0.5) is 34.5 Å². The fraction of sp³-hybridized carbons (Fsp3) is 0.408. The van der Waals surface area contributed by atoms with Crippen LogP contribution in [0.1, 0.15) is 70.7 Å². The molecule has 0 spiro atoms. The number of methoxy groups -OCH3 is 1. The zero-order valence-electron chi connectivity index (χ0n) is 38.6. The summed E-state index contributed by atoms with van der Waals surface area (Å²) in [5.74, 6) is 0.634. The Kier molecular flexibility index (Phi) is 12.4. The maximum atomic E-state index is 13.5. The molecule has 10 rings (SSSR count). The number of aryl methyl sites for hydroxylation is 1. The quantitative estimate of drug-likeness (QED) is 0.0836. The molecule has 3 aromatic carbocycles. The summed E-state index contributed by atoms with van der Waals surface area (Å²) >= 11 is 3.63. The summed E-state index contributed by atoms with van der Waals surface area (Å²) in [5, 5.41) is 14.4. The second-order valence-corrected chi connectivity index (χ2v) is 22.9. The predicted molar refractivity (Wildman–Crippen MR) is 266 cm³/mol. The summed E-state index contributed by atoms with van der Waals surface area (Å²) in [6, 6.07) is 14.7. The molecule has 1 saturated carbocycles. The number of aromatic nitrogens is 4. The van der Waals surface area contributed by atoms with Crippen LogP contribution >= 0.6 is 23.1 Å². The molecule has 68 heavy (non-hydrogen) atoms. The van der Waals surface area contributed by atoms with Gasteiger partial charge in [-0.1, -0.05) is 6.07 Å². The van der Waals surface area contributed by atoms with Gasteiger partial charge in [0.25, 0.3) is 11.8 Å². The summed E-state index contributed by atoms with van der Waals surface area (Å²) in [6.45, 7) is 9.66. The van der Waals surface area contributed by atoms with E-state index in [0.717, 1.165) is 97.0 Å². The van der Waals surface area contributed by atoms with Gasteiger partial charge in [0.15, 0.2) is 0 Å². The normalized spacial score (nSPS) is 19.4. The van der Waals surface area contributed by atoms with E-state index >= 15 is 0 Å². The maximum Gasteiger partial charge on any atom is 0.262 e. The number of hydrogen-bond acceptors (Lipinski definition) is 14. The Hall–Kier alpha value is -6.10. The molecule has 3 N–H and O–H groups in total. The lowest BCUT2D eigenvalue weighted by Crippen LogP contribution is -2.54. The average Bonchev–Trinajstić information content (AvgIpc) is 4.04. The van der Waals surface area contributed by atoms with Gasteiger partial charge in [0, 0.05) is 106 Å². The minimum Gasteiger partial charge on any atom is -0.494 e. The lowest BCUT2D eigenvalue weighted by atomic mass is 9.94. The Morgan fingerprint density at radius 1 is 0.824 bits per heavy atom. The number of benzene rings is 3. The van der Waals surface area contributed by atoms with Crippen LogP contribution in [0.15, 0.2) is 71.6 Å². The third kappa shape index (κ3) is 9.25. The van der Waals surface area contributed by atoms with E-state index in [0.29, 0.717) is 45.1 Å². The van der Waals surface area contributed by atoms with Crippen molar-refractivity contribution in [3.05, 3.63) is 88.3 Å². The zero-order chi connectivity index (χ0) is 47.4.